The van der Waals surface area contributed by atoms with E-state index in [0.29, 0.717) is 16.3 Å². The molecular weight excluding hydrogens is 252 g/mol. The number of fused-ring (bicyclic) bond motifs is 1. The van der Waals surface area contributed by atoms with E-state index in [9.17, 15) is 9.59 Å². The van der Waals surface area contributed by atoms with Gasteiger partial charge in [0.1, 0.15) is 5.70 Å². The Morgan fingerprint density at radius 2 is 1.45 bits per heavy atom. The third-order valence-electron chi connectivity index (χ3n) is 2.89. The number of hydrogen-bond acceptors (Lipinski definition) is 3. The predicted molar refractivity (Wildman–Crippen MR) is 72.6 cm³/mol. The highest BCUT2D eigenvalue weighted by Gasteiger charge is 2.14. The molecule has 0 fully saturated rings. The molecule has 1 aliphatic heterocycles. The van der Waals surface area contributed by atoms with Crippen LogP contribution >= 0.6 is 0 Å². The van der Waals surface area contributed by atoms with Gasteiger partial charge < -0.3 is 0 Å². The van der Waals surface area contributed by atoms with Crippen LogP contribution in [0.4, 0.5) is 0 Å². The van der Waals surface area contributed by atoms with Crippen LogP contribution in [0.3, 0.4) is 0 Å². The van der Waals surface area contributed by atoms with Crippen molar-refractivity contribution in [2.45, 2.75) is 0 Å². The van der Waals surface area contributed by atoms with Crippen LogP contribution in [0.25, 0.3) is 0 Å². The van der Waals surface area contributed by atoms with Crippen LogP contribution in [-0.4, -0.2) is 11.7 Å². The number of carbonyl (C=O) groups excluding carboxylic acids is 2. The minimum Gasteiger partial charge on any atom is -0.289 e. The summed E-state index contributed by atoms with van der Waals surface area (Å²) in [6.45, 7) is 0. The predicted octanol–water partition coefficient (Wildman–Crippen LogP) is 1.23. The van der Waals surface area contributed by atoms with Crippen LogP contribution < -0.4 is 10.7 Å². The molecule has 0 spiro atoms. The van der Waals surface area contributed by atoms with Crippen LogP contribution in [0, 0.1) is 0 Å². The maximum absolute atomic E-state index is 12.0. The van der Waals surface area contributed by atoms with Gasteiger partial charge in [-0.15, -0.1) is 0 Å². The lowest BCUT2D eigenvalue weighted by molar-refractivity contribution is -0.114. The zero-order valence-corrected chi connectivity index (χ0v) is 10.5. The van der Waals surface area contributed by atoms with E-state index in [1.807, 2.05) is 12.1 Å². The van der Waals surface area contributed by atoms with E-state index in [0.717, 1.165) is 0 Å². The smallest absolute Gasteiger partial charge is 0.289 e. The lowest BCUT2D eigenvalue weighted by Crippen LogP contribution is -2.30. The molecule has 0 unspecified atom stereocenters. The number of amides is 1. The van der Waals surface area contributed by atoms with Crippen molar-refractivity contribution in [3.63, 3.8) is 0 Å². The van der Waals surface area contributed by atoms with Crippen LogP contribution in [0.5, 0.6) is 0 Å². The molecule has 0 saturated heterocycles. The molecule has 96 valence electrons. The third kappa shape index (κ3) is 2.31. The molecule has 1 aliphatic rings. The van der Waals surface area contributed by atoms with Crippen molar-refractivity contribution < 1.29 is 9.59 Å². The Kier molecular flexibility index (Phi) is 3.05. The molecule has 0 atom stereocenters. The highest BCUT2D eigenvalue weighted by molar-refractivity contribution is 6.09. The van der Waals surface area contributed by atoms with E-state index in [4.69, 9.17) is 0 Å². The molecule has 0 aromatic heterocycles. The van der Waals surface area contributed by atoms with Crippen molar-refractivity contribution in [2.24, 2.45) is 9.98 Å². The number of para-hydroxylation sites is 2. The van der Waals surface area contributed by atoms with Gasteiger partial charge in [-0.05, 0) is 12.1 Å². The molecule has 0 bridgehead atoms. The lowest BCUT2D eigenvalue weighted by Gasteiger charge is -2.02. The Hall–Kier alpha value is -2.88. The van der Waals surface area contributed by atoms with Crippen molar-refractivity contribution in [1.29, 1.82) is 0 Å². The maximum Gasteiger partial charge on any atom is 0.296 e. The normalized spacial score (nSPS) is 15.2. The first kappa shape index (κ1) is 12.2. The number of carbonyl (C=O) groups is 2. The molecule has 3 rings (SSSR count). The molecule has 4 heteroatoms. The SMILES string of the molecule is O=C1N=c2ccccc2=NC1=CC(=O)c1ccccc1. The molecule has 1 amide bonds. The van der Waals surface area contributed by atoms with E-state index in [2.05, 4.69) is 9.98 Å². The van der Waals surface area contributed by atoms with Gasteiger partial charge in [0.15, 0.2) is 5.78 Å². The van der Waals surface area contributed by atoms with Gasteiger partial charge in [0, 0.05) is 11.6 Å². The lowest BCUT2D eigenvalue weighted by atomic mass is 10.1. The summed E-state index contributed by atoms with van der Waals surface area (Å²) < 4.78 is 0. The van der Waals surface area contributed by atoms with Crippen molar-refractivity contribution in [1.82, 2.24) is 0 Å². The molecule has 0 saturated carbocycles. The molecule has 0 radical (unpaired) electrons. The Bertz CT molecular complexity index is 836. The van der Waals surface area contributed by atoms with E-state index in [-0.39, 0.29) is 11.5 Å². The largest absolute Gasteiger partial charge is 0.296 e. The summed E-state index contributed by atoms with van der Waals surface area (Å²) in [4.78, 5) is 32.0. The summed E-state index contributed by atoms with van der Waals surface area (Å²) in [5.74, 6) is -0.750. The minimum absolute atomic E-state index is 0.0672. The first-order chi connectivity index (χ1) is 9.74. The zero-order chi connectivity index (χ0) is 13.9. The monoisotopic (exact) mass is 262 g/mol. The zero-order valence-electron chi connectivity index (χ0n) is 10.5. The third-order valence-corrected chi connectivity index (χ3v) is 2.89. The second-order valence-corrected chi connectivity index (χ2v) is 4.28. The van der Waals surface area contributed by atoms with Gasteiger partial charge in [-0.2, -0.15) is 0 Å². The molecule has 20 heavy (non-hydrogen) atoms. The fraction of sp³-hybridized carbons (Fsp3) is 0. The van der Waals surface area contributed by atoms with Crippen LogP contribution in [-0.2, 0) is 4.79 Å². The van der Waals surface area contributed by atoms with Crippen molar-refractivity contribution in [2.75, 3.05) is 0 Å². The fourth-order valence-electron chi connectivity index (χ4n) is 1.90. The number of ketones is 1. The van der Waals surface area contributed by atoms with E-state index < -0.39 is 5.91 Å². The van der Waals surface area contributed by atoms with E-state index >= 15 is 0 Å². The standard InChI is InChI=1S/C16H10N2O2/c19-15(11-6-2-1-3-7-11)10-14-16(20)18-13-9-5-4-8-12(13)17-14/h1-10H. The van der Waals surface area contributed by atoms with Crippen LogP contribution in [0.1, 0.15) is 10.4 Å². The number of nitrogens with zero attached hydrogens (tertiary/aromatic N) is 2. The average molecular weight is 262 g/mol. The molecular formula is C16H10N2O2. The molecule has 0 N–H and O–H groups in total. The van der Waals surface area contributed by atoms with Gasteiger partial charge in [0.25, 0.3) is 5.91 Å². The Morgan fingerprint density at radius 1 is 0.850 bits per heavy atom. The fourth-order valence-corrected chi connectivity index (χ4v) is 1.90. The summed E-state index contributed by atoms with van der Waals surface area (Å²) in [6.07, 6.45) is 1.23. The van der Waals surface area contributed by atoms with Gasteiger partial charge in [-0.1, -0.05) is 42.5 Å². The summed E-state index contributed by atoms with van der Waals surface area (Å²) >= 11 is 0. The highest BCUT2D eigenvalue weighted by Crippen LogP contribution is 2.06. The van der Waals surface area contributed by atoms with Crippen molar-refractivity contribution in [3.8, 4) is 0 Å². The number of hydrogen-bond donors (Lipinski definition) is 0. The Balaban J connectivity index is 2.04. The van der Waals surface area contributed by atoms with E-state index in [1.54, 1.807) is 42.5 Å². The Morgan fingerprint density at radius 3 is 2.15 bits per heavy atom. The van der Waals surface area contributed by atoms with Crippen LogP contribution in [0.15, 0.2) is 76.4 Å². The highest BCUT2D eigenvalue weighted by atomic mass is 16.1. The topological polar surface area (TPSA) is 58.9 Å². The summed E-state index contributed by atoms with van der Waals surface area (Å²) in [5.41, 5.74) is 0.583. The summed E-state index contributed by atoms with van der Waals surface area (Å²) in [5, 5.41) is 1.13. The van der Waals surface area contributed by atoms with Gasteiger partial charge in [0.2, 0.25) is 0 Å². The van der Waals surface area contributed by atoms with Crippen molar-refractivity contribution in [3.05, 3.63) is 82.6 Å². The maximum atomic E-state index is 12.0. The van der Waals surface area contributed by atoms with Crippen molar-refractivity contribution >= 4 is 11.7 Å². The minimum atomic E-state index is -0.493. The first-order valence-electron chi connectivity index (χ1n) is 6.12. The number of rotatable bonds is 2. The second-order valence-electron chi connectivity index (χ2n) is 4.28. The van der Waals surface area contributed by atoms with Gasteiger partial charge >= 0.3 is 0 Å². The van der Waals surface area contributed by atoms with Gasteiger partial charge in [0.05, 0.1) is 10.7 Å². The second kappa shape index (κ2) is 5.01. The molecule has 1 heterocycles. The number of allylic oxidation sites excluding steroid dienone is 1. The van der Waals surface area contributed by atoms with Gasteiger partial charge in [-0.25, -0.2) is 9.98 Å². The van der Waals surface area contributed by atoms with E-state index in [1.165, 1.54) is 6.08 Å². The van der Waals surface area contributed by atoms with Gasteiger partial charge in [-0.3, -0.25) is 9.59 Å². The quantitative estimate of drug-likeness (QED) is 0.603. The summed E-state index contributed by atoms with van der Waals surface area (Å²) in [7, 11) is 0. The molecule has 0 aliphatic carbocycles. The summed E-state index contributed by atoms with van der Waals surface area (Å²) in [6, 6.07) is 15.8. The Labute approximate surface area is 114 Å². The molecule has 2 aromatic carbocycles. The number of benzene rings is 2. The first-order valence-corrected chi connectivity index (χ1v) is 6.12. The molecule has 2 aromatic rings. The average Bonchev–Trinajstić information content (AvgIpc) is 2.49. The van der Waals surface area contributed by atoms with Crippen LogP contribution in [0.2, 0.25) is 0 Å². The molecule has 4 nitrogen and oxygen atoms in total.